The zero-order valence-corrected chi connectivity index (χ0v) is 9.40. The molecule has 0 saturated carbocycles. The Labute approximate surface area is 90.3 Å². The van der Waals surface area contributed by atoms with Gasteiger partial charge in [0.15, 0.2) is 0 Å². The van der Waals surface area contributed by atoms with E-state index in [2.05, 4.69) is 9.47 Å². The van der Waals surface area contributed by atoms with Gasteiger partial charge in [0.25, 0.3) is 0 Å². The van der Waals surface area contributed by atoms with E-state index >= 15 is 0 Å². The van der Waals surface area contributed by atoms with Crippen LogP contribution in [0.2, 0.25) is 0 Å². The third-order valence-corrected chi connectivity index (χ3v) is 1.27. The predicted octanol–water partition coefficient (Wildman–Crippen LogP) is 0.699. The van der Waals surface area contributed by atoms with E-state index in [1.54, 1.807) is 14.2 Å². The minimum Gasteiger partial charge on any atom is -0.450 e. The normalized spacial score (nSPS) is 9.00. The molecule has 0 atom stereocenters. The molecule has 0 bridgehead atoms. The molecule has 0 aliphatic rings. The minimum absolute atomic E-state index is 0.211. The Morgan fingerprint density at radius 2 is 1.67 bits per heavy atom. The molecule has 0 radical (unpaired) electrons. The summed E-state index contributed by atoms with van der Waals surface area (Å²) >= 11 is 0. The zero-order chi connectivity index (χ0) is 11.9. The lowest BCUT2D eigenvalue weighted by Crippen LogP contribution is -2.03. The average Bonchev–Trinajstić information content (AvgIpc) is 2.22. The van der Waals surface area contributed by atoms with Crippen LogP contribution in [0.5, 0.6) is 0 Å². The highest BCUT2D eigenvalue weighted by Crippen LogP contribution is 1.82. The zero-order valence-electron chi connectivity index (χ0n) is 9.40. The number of carboxylic acid groups (broad SMARTS) is 1. The molecule has 0 aliphatic carbocycles. The van der Waals surface area contributed by atoms with Crippen molar-refractivity contribution in [3.05, 3.63) is 0 Å². The summed E-state index contributed by atoms with van der Waals surface area (Å²) in [6.07, 6.45) is 0.352. The number of ether oxygens (including phenoxy) is 3. The van der Waals surface area contributed by atoms with Gasteiger partial charge in [0.05, 0.1) is 6.61 Å². The number of methoxy groups -OCH3 is 2. The van der Waals surface area contributed by atoms with Gasteiger partial charge in [-0.3, -0.25) is 0 Å². The van der Waals surface area contributed by atoms with E-state index in [-0.39, 0.29) is 6.61 Å². The van der Waals surface area contributed by atoms with Gasteiger partial charge in [0.2, 0.25) is 0 Å². The Morgan fingerprint density at radius 1 is 1.13 bits per heavy atom. The molecule has 0 aromatic carbocycles. The Hall–Kier alpha value is -0.850. The molecule has 3 N–H and O–H groups in total. The molecule has 0 saturated heterocycles. The Balaban J connectivity index is 0. The van der Waals surface area contributed by atoms with Crippen LogP contribution in [0.15, 0.2) is 0 Å². The van der Waals surface area contributed by atoms with Crippen LogP contribution in [0.1, 0.15) is 12.8 Å². The first-order valence-electron chi connectivity index (χ1n) is 4.72. The SMILES string of the molecule is COCCCN.COCCCOC(=O)O. The van der Waals surface area contributed by atoms with E-state index in [1.807, 2.05) is 0 Å². The van der Waals surface area contributed by atoms with Gasteiger partial charge < -0.3 is 25.1 Å². The summed E-state index contributed by atoms with van der Waals surface area (Å²) < 4.78 is 13.5. The van der Waals surface area contributed by atoms with Crippen LogP contribution in [0.3, 0.4) is 0 Å². The predicted molar refractivity (Wildman–Crippen MR) is 56.0 cm³/mol. The smallest absolute Gasteiger partial charge is 0.450 e. The second kappa shape index (κ2) is 15.6. The second-order valence-electron chi connectivity index (χ2n) is 2.60. The molecule has 15 heavy (non-hydrogen) atoms. The van der Waals surface area contributed by atoms with Gasteiger partial charge in [0, 0.05) is 33.9 Å². The van der Waals surface area contributed by atoms with Gasteiger partial charge in [-0.1, -0.05) is 0 Å². The summed E-state index contributed by atoms with van der Waals surface area (Å²) in [5.74, 6) is 0. The Bertz CT molecular complexity index is 128. The molecule has 6 heteroatoms. The molecule has 0 fully saturated rings. The van der Waals surface area contributed by atoms with Crippen LogP contribution in [-0.4, -0.2) is 51.8 Å². The highest BCUT2D eigenvalue weighted by Gasteiger charge is 1.93. The van der Waals surface area contributed by atoms with Gasteiger partial charge in [-0.25, -0.2) is 4.79 Å². The molecule has 0 aliphatic heterocycles. The highest BCUT2D eigenvalue weighted by molar-refractivity contribution is 5.56. The van der Waals surface area contributed by atoms with E-state index in [4.69, 9.17) is 15.6 Å². The molecule has 6 nitrogen and oxygen atoms in total. The fourth-order valence-electron chi connectivity index (χ4n) is 0.590. The maximum Gasteiger partial charge on any atom is 0.505 e. The number of carbonyl (C=O) groups is 1. The molecule has 92 valence electrons. The maximum absolute atomic E-state index is 9.70. The van der Waals surface area contributed by atoms with Crippen molar-refractivity contribution in [2.24, 2.45) is 5.73 Å². The number of rotatable bonds is 7. The van der Waals surface area contributed by atoms with E-state index in [9.17, 15) is 4.79 Å². The third-order valence-electron chi connectivity index (χ3n) is 1.27. The molecular weight excluding hydrogens is 202 g/mol. The third kappa shape index (κ3) is 24.6. The van der Waals surface area contributed by atoms with Gasteiger partial charge in [-0.05, 0) is 13.0 Å². The summed E-state index contributed by atoms with van der Waals surface area (Å²) in [4.78, 5) is 9.70. The van der Waals surface area contributed by atoms with Crippen LogP contribution >= 0.6 is 0 Å². The summed E-state index contributed by atoms with van der Waals surface area (Å²) in [6, 6.07) is 0. The molecule has 0 unspecified atom stereocenters. The van der Waals surface area contributed by atoms with Crippen LogP contribution in [0.4, 0.5) is 4.79 Å². The minimum atomic E-state index is -1.23. The van der Waals surface area contributed by atoms with Crippen LogP contribution in [0.25, 0.3) is 0 Å². The fraction of sp³-hybridized carbons (Fsp3) is 0.889. The largest absolute Gasteiger partial charge is 0.505 e. The molecule has 0 aromatic heterocycles. The molecule has 0 amide bonds. The van der Waals surface area contributed by atoms with Crippen molar-refractivity contribution in [3.8, 4) is 0 Å². The number of nitrogens with two attached hydrogens (primary N) is 1. The van der Waals surface area contributed by atoms with Gasteiger partial charge in [0.1, 0.15) is 0 Å². The standard InChI is InChI=1S/C5H10O4.C4H11NO/c1-8-3-2-4-9-5(6)7;1-6-4-2-3-5/h2-4H2,1H3,(H,6,7);2-5H2,1H3. The first kappa shape index (κ1) is 16.6. The van der Waals surface area contributed by atoms with E-state index in [0.717, 1.165) is 19.6 Å². The van der Waals surface area contributed by atoms with E-state index in [1.165, 1.54) is 0 Å². The van der Waals surface area contributed by atoms with Gasteiger partial charge in [-0.2, -0.15) is 0 Å². The first-order chi connectivity index (χ1) is 7.18. The molecule has 0 spiro atoms. The lowest BCUT2D eigenvalue weighted by atomic mass is 10.5. The number of hydrogen-bond donors (Lipinski definition) is 2. The van der Waals surface area contributed by atoms with Crippen molar-refractivity contribution in [1.82, 2.24) is 0 Å². The topological polar surface area (TPSA) is 91.0 Å². The average molecular weight is 223 g/mol. The van der Waals surface area contributed by atoms with Crippen molar-refractivity contribution in [2.45, 2.75) is 12.8 Å². The van der Waals surface area contributed by atoms with Crippen molar-refractivity contribution in [2.75, 3.05) is 40.6 Å². The Morgan fingerprint density at radius 3 is 2.00 bits per heavy atom. The molecular formula is C9H21NO5. The van der Waals surface area contributed by atoms with Gasteiger partial charge >= 0.3 is 6.16 Å². The summed E-state index contributed by atoms with van der Waals surface area (Å²) in [5.41, 5.74) is 5.13. The highest BCUT2D eigenvalue weighted by atomic mass is 16.7. The van der Waals surface area contributed by atoms with Crippen molar-refractivity contribution < 1.29 is 24.1 Å². The second-order valence-corrected chi connectivity index (χ2v) is 2.60. The maximum atomic E-state index is 9.70. The number of hydrogen-bond acceptors (Lipinski definition) is 5. The Kier molecular flexibility index (Phi) is 17.3. The summed E-state index contributed by atoms with van der Waals surface area (Å²) in [6.45, 7) is 2.26. The van der Waals surface area contributed by atoms with E-state index < -0.39 is 6.16 Å². The summed E-state index contributed by atoms with van der Waals surface area (Å²) in [5, 5.41) is 7.95. The fourth-order valence-corrected chi connectivity index (χ4v) is 0.590. The molecule has 0 aromatic rings. The van der Waals surface area contributed by atoms with Crippen LogP contribution in [-0.2, 0) is 14.2 Å². The van der Waals surface area contributed by atoms with Crippen molar-refractivity contribution in [1.29, 1.82) is 0 Å². The van der Waals surface area contributed by atoms with Crippen molar-refractivity contribution >= 4 is 6.16 Å². The lowest BCUT2D eigenvalue weighted by molar-refractivity contribution is 0.0810. The quantitative estimate of drug-likeness (QED) is 0.487. The molecule has 0 rings (SSSR count). The van der Waals surface area contributed by atoms with E-state index in [0.29, 0.717) is 13.0 Å². The van der Waals surface area contributed by atoms with Crippen LogP contribution in [0, 0.1) is 0 Å². The lowest BCUT2D eigenvalue weighted by Gasteiger charge is -1.97. The van der Waals surface area contributed by atoms with Crippen molar-refractivity contribution in [3.63, 3.8) is 0 Å². The summed E-state index contributed by atoms with van der Waals surface area (Å²) in [7, 11) is 3.23. The monoisotopic (exact) mass is 223 g/mol. The van der Waals surface area contributed by atoms with Gasteiger partial charge in [-0.15, -0.1) is 0 Å². The molecule has 0 heterocycles. The van der Waals surface area contributed by atoms with Crippen LogP contribution < -0.4 is 5.73 Å². The first-order valence-corrected chi connectivity index (χ1v) is 4.72.